The monoisotopic (exact) mass is 289 g/mol. The van der Waals surface area contributed by atoms with E-state index < -0.39 is 18.6 Å². The Morgan fingerprint density at radius 3 is 2.89 bits per heavy atom. The van der Waals surface area contributed by atoms with Gasteiger partial charge >= 0.3 is 6.18 Å². The Hall–Kier alpha value is -1.83. The molecular formula is C11H10F3N3OS. The Kier molecular flexibility index (Phi) is 3.89. The largest absolute Gasteiger partial charge is 0.408 e. The van der Waals surface area contributed by atoms with Crippen molar-refractivity contribution in [2.24, 2.45) is 0 Å². The van der Waals surface area contributed by atoms with Gasteiger partial charge in [0, 0.05) is 11.1 Å². The van der Waals surface area contributed by atoms with Gasteiger partial charge in [-0.1, -0.05) is 6.07 Å². The van der Waals surface area contributed by atoms with E-state index >= 15 is 0 Å². The Balaban J connectivity index is 1.92. The molecule has 0 aliphatic carbocycles. The van der Waals surface area contributed by atoms with Crippen molar-refractivity contribution in [2.45, 2.75) is 19.3 Å². The zero-order chi connectivity index (χ0) is 13.9. The van der Waals surface area contributed by atoms with Crippen LogP contribution in [0.1, 0.15) is 15.2 Å². The van der Waals surface area contributed by atoms with E-state index in [4.69, 9.17) is 0 Å². The molecule has 2 aromatic rings. The molecule has 0 spiro atoms. The first-order valence-corrected chi connectivity index (χ1v) is 6.22. The molecular weight excluding hydrogens is 279 g/mol. The lowest BCUT2D eigenvalue weighted by Crippen LogP contribution is -2.22. The van der Waals surface area contributed by atoms with Crippen LogP contribution >= 0.6 is 11.3 Å². The Morgan fingerprint density at radius 2 is 2.26 bits per heavy atom. The van der Waals surface area contributed by atoms with Gasteiger partial charge in [0.2, 0.25) is 0 Å². The Labute approximate surface area is 110 Å². The summed E-state index contributed by atoms with van der Waals surface area (Å²) in [5.74, 6) is -0.443. The fraction of sp³-hybridized carbons (Fsp3) is 0.273. The van der Waals surface area contributed by atoms with Crippen LogP contribution in [0.4, 0.5) is 13.2 Å². The number of hydrogen-bond donors (Lipinski definition) is 1. The van der Waals surface area contributed by atoms with Gasteiger partial charge in [0.25, 0.3) is 5.91 Å². The quantitative estimate of drug-likeness (QED) is 0.939. The number of amides is 1. The van der Waals surface area contributed by atoms with Crippen LogP contribution in [0.5, 0.6) is 0 Å². The van der Waals surface area contributed by atoms with Crippen molar-refractivity contribution in [3.05, 3.63) is 40.3 Å². The minimum Gasteiger partial charge on any atom is -0.347 e. The average Bonchev–Trinajstić information content (AvgIpc) is 2.94. The van der Waals surface area contributed by atoms with Gasteiger partial charge in [-0.3, -0.25) is 9.48 Å². The molecule has 2 aromatic heterocycles. The predicted molar refractivity (Wildman–Crippen MR) is 63.8 cm³/mol. The first-order chi connectivity index (χ1) is 8.94. The molecule has 0 bridgehead atoms. The lowest BCUT2D eigenvalue weighted by atomic mass is 10.3. The van der Waals surface area contributed by atoms with Crippen LogP contribution in [-0.2, 0) is 13.1 Å². The number of nitrogens with zero attached hydrogens (tertiary/aromatic N) is 2. The number of alkyl halides is 3. The molecule has 0 saturated heterocycles. The molecule has 8 heteroatoms. The van der Waals surface area contributed by atoms with Crippen molar-refractivity contribution >= 4 is 17.2 Å². The van der Waals surface area contributed by atoms with Gasteiger partial charge < -0.3 is 5.32 Å². The van der Waals surface area contributed by atoms with E-state index in [9.17, 15) is 18.0 Å². The van der Waals surface area contributed by atoms with Crippen LogP contribution in [0.3, 0.4) is 0 Å². The number of rotatable bonds is 4. The van der Waals surface area contributed by atoms with E-state index in [0.29, 0.717) is 11.2 Å². The fourth-order valence-corrected chi connectivity index (χ4v) is 2.08. The standard InChI is InChI=1S/C11H10F3N3OS/c12-11(13,14)7-17-6-8(4-16-17)10(18)15-5-9-2-1-3-19-9/h1-4,6H,5,7H2,(H,15,18). The third-order valence-electron chi connectivity index (χ3n) is 2.24. The zero-order valence-corrected chi connectivity index (χ0v) is 10.5. The van der Waals surface area contributed by atoms with Gasteiger partial charge in [-0.25, -0.2) is 0 Å². The molecule has 1 amide bonds. The van der Waals surface area contributed by atoms with E-state index in [0.717, 1.165) is 17.3 Å². The number of aromatic nitrogens is 2. The molecule has 0 radical (unpaired) electrons. The minimum atomic E-state index is -4.35. The molecule has 0 fully saturated rings. The second-order valence-electron chi connectivity index (χ2n) is 3.80. The number of hydrogen-bond acceptors (Lipinski definition) is 3. The van der Waals surface area contributed by atoms with Gasteiger partial charge in [0.15, 0.2) is 0 Å². The molecule has 0 saturated carbocycles. The Morgan fingerprint density at radius 1 is 1.47 bits per heavy atom. The normalized spacial score (nSPS) is 11.5. The van der Waals surface area contributed by atoms with Crippen molar-refractivity contribution < 1.29 is 18.0 Å². The molecule has 1 N–H and O–H groups in total. The second-order valence-corrected chi connectivity index (χ2v) is 4.84. The van der Waals surface area contributed by atoms with E-state index in [1.807, 2.05) is 17.5 Å². The van der Waals surface area contributed by atoms with Crippen LogP contribution in [0.15, 0.2) is 29.9 Å². The third-order valence-corrected chi connectivity index (χ3v) is 3.12. The van der Waals surface area contributed by atoms with Crippen LogP contribution < -0.4 is 5.32 Å². The van der Waals surface area contributed by atoms with E-state index in [1.165, 1.54) is 11.3 Å². The SMILES string of the molecule is O=C(NCc1cccs1)c1cnn(CC(F)(F)F)c1. The van der Waals surface area contributed by atoms with Crippen molar-refractivity contribution in [3.63, 3.8) is 0 Å². The predicted octanol–water partition coefficient (Wildman–Crippen LogP) is 2.44. The molecule has 2 rings (SSSR count). The van der Waals surface area contributed by atoms with E-state index in [-0.39, 0.29) is 5.56 Å². The number of carbonyl (C=O) groups is 1. The third kappa shape index (κ3) is 4.09. The summed E-state index contributed by atoms with van der Waals surface area (Å²) in [5.41, 5.74) is 0.112. The van der Waals surface area contributed by atoms with Crippen LogP contribution in [0, 0.1) is 0 Å². The number of halogens is 3. The van der Waals surface area contributed by atoms with Gasteiger partial charge in [-0.05, 0) is 11.4 Å². The number of thiophene rings is 1. The number of carbonyl (C=O) groups excluding carboxylic acids is 1. The Bertz CT molecular complexity index is 548. The van der Waals surface area contributed by atoms with Crippen LogP contribution in [-0.4, -0.2) is 21.9 Å². The van der Waals surface area contributed by atoms with E-state index in [1.54, 1.807) is 0 Å². The summed E-state index contributed by atoms with van der Waals surface area (Å²) in [6.07, 6.45) is -2.15. The summed E-state index contributed by atoms with van der Waals surface area (Å²) in [4.78, 5) is 12.6. The lowest BCUT2D eigenvalue weighted by molar-refractivity contribution is -0.142. The maximum Gasteiger partial charge on any atom is 0.408 e. The van der Waals surface area contributed by atoms with Crippen LogP contribution in [0.25, 0.3) is 0 Å². The summed E-state index contributed by atoms with van der Waals surface area (Å²) >= 11 is 1.49. The highest BCUT2D eigenvalue weighted by molar-refractivity contribution is 7.09. The summed E-state index contributed by atoms with van der Waals surface area (Å²) < 4.78 is 37.1. The number of nitrogens with one attached hydrogen (secondary N) is 1. The molecule has 0 unspecified atom stereocenters. The molecule has 19 heavy (non-hydrogen) atoms. The second kappa shape index (κ2) is 5.43. The molecule has 0 aliphatic heterocycles. The van der Waals surface area contributed by atoms with Crippen molar-refractivity contribution in [1.82, 2.24) is 15.1 Å². The first kappa shape index (κ1) is 13.6. The zero-order valence-electron chi connectivity index (χ0n) is 9.65. The van der Waals surface area contributed by atoms with Gasteiger partial charge in [0.1, 0.15) is 6.54 Å². The van der Waals surface area contributed by atoms with Crippen molar-refractivity contribution in [2.75, 3.05) is 0 Å². The molecule has 0 atom stereocenters. The lowest BCUT2D eigenvalue weighted by Gasteiger charge is -2.05. The van der Waals surface area contributed by atoms with Gasteiger partial charge in [-0.15, -0.1) is 11.3 Å². The van der Waals surface area contributed by atoms with Gasteiger partial charge in [-0.2, -0.15) is 18.3 Å². The summed E-state index contributed by atoms with van der Waals surface area (Å²) in [6, 6.07) is 3.71. The van der Waals surface area contributed by atoms with Crippen LogP contribution in [0.2, 0.25) is 0 Å². The minimum absolute atomic E-state index is 0.112. The van der Waals surface area contributed by atoms with Crippen molar-refractivity contribution in [3.8, 4) is 0 Å². The maximum atomic E-state index is 12.1. The highest BCUT2D eigenvalue weighted by Crippen LogP contribution is 2.17. The molecule has 102 valence electrons. The fourth-order valence-electron chi connectivity index (χ4n) is 1.43. The van der Waals surface area contributed by atoms with Gasteiger partial charge in [0.05, 0.1) is 18.3 Å². The van der Waals surface area contributed by atoms with E-state index in [2.05, 4.69) is 10.4 Å². The molecule has 0 aromatic carbocycles. The summed E-state index contributed by atoms with van der Waals surface area (Å²) in [7, 11) is 0. The summed E-state index contributed by atoms with van der Waals surface area (Å²) in [5, 5.41) is 8.00. The topological polar surface area (TPSA) is 46.9 Å². The molecule has 2 heterocycles. The maximum absolute atomic E-state index is 12.1. The molecule has 0 aliphatic rings. The highest BCUT2D eigenvalue weighted by Gasteiger charge is 2.28. The molecule has 4 nitrogen and oxygen atoms in total. The smallest absolute Gasteiger partial charge is 0.347 e. The highest BCUT2D eigenvalue weighted by atomic mass is 32.1. The first-order valence-electron chi connectivity index (χ1n) is 5.34. The van der Waals surface area contributed by atoms with Crippen molar-refractivity contribution in [1.29, 1.82) is 0 Å². The average molecular weight is 289 g/mol. The summed E-state index contributed by atoms with van der Waals surface area (Å²) in [6.45, 7) is -0.855.